The molecule has 3 N–H and O–H groups in total. The van der Waals surface area contributed by atoms with Gasteiger partial charge in [-0.05, 0) is 47.9 Å². The van der Waals surface area contributed by atoms with Gasteiger partial charge in [0.25, 0.3) is 0 Å². The quantitative estimate of drug-likeness (QED) is 0.883. The van der Waals surface area contributed by atoms with Crippen LogP contribution in [0.15, 0.2) is 46.9 Å². The van der Waals surface area contributed by atoms with Gasteiger partial charge in [0.05, 0.1) is 0 Å². The van der Waals surface area contributed by atoms with E-state index in [-0.39, 0.29) is 11.8 Å². The van der Waals surface area contributed by atoms with Crippen LogP contribution in [0.4, 0.5) is 0 Å². The first-order valence-electron chi connectivity index (χ1n) is 5.42. The highest BCUT2D eigenvalue weighted by molar-refractivity contribution is 9.10. The molecule has 0 aliphatic rings. The van der Waals surface area contributed by atoms with E-state index in [0.29, 0.717) is 0 Å². The summed E-state index contributed by atoms with van der Waals surface area (Å²) in [6.45, 7) is 1.95. The summed E-state index contributed by atoms with van der Waals surface area (Å²) in [6.07, 6.45) is 0. The zero-order chi connectivity index (χ0) is 12.4. The fraction of sp³-hybridized carbons (Fsp3) is 0.143. The topological polar surface area (TPSA) is 46.2 Å². The summed E-state index contributed by atoms with van der Waals surface area (Å²) >= 11 is 3.52. The number of phenolic OH excluding ortho intramolecular Hbond substituents is 1. The summed E-state index contributed by atoms with van der Waals surface area (Å²) in [7, 11) is 0. The molecule has 2 nitrogen and oxygen atoms in total. The average Bonchev–Trinajstić information content (AvgIpc) is 2.29. The number of halogens is 1. The lowest BCUT2D eigenvalue weighted by molar-refractivity contribution is 0.475. The van der Waals surface area contributed by atoms with Crippen molar-refractivity contribution < 1.29 is 5.11 Å². The Hall–Kier alpha value is -1.32. The Labute approximate surface area is 109 Å². The smallest absolute Gasteiger partial charge is 0.116 e. The summed E-state index contributed by atoms with van der Waals surface area (Å²) in [5.41, 5.74) is 8.96. The highest BCUT2D eigenvalue weighted by atomic mass is 79.9. The third-order valence-corrected chi connectivity index (χ3v) is 3.36. The molecule has 2 rings (SSSR count). The summed E-state index contributed by atoms with van der Waals surface area (Å²) in [4.78, 5) is 0. The monoisotopic (exact) mass is 291 g/mol. The highest BCUT2D eigenvalue weighted by Crippen LogP contribution is 2.32. The minimum Gasteiger partial charge on any atom is -0.508 e. The molecule has 88 valence electrons. The van der Waals surface area contributed by atoms with Gasteiger partial charge in [-0.25, -0.2) is 0 Å². The third kappa shape index (κ3) is 2.68. The van der Waals surface area contributed by atoms with E-state index in [9.17, 15) is 5.11 Å². The minimum atomic E-state index is -0.000779. The van der Waals surface area contributed by atoms with Crippen LogP contribution in [-0.4, -0.2) is 5.11 Å². The number of aromatic hydroxyl groups is 1. The fourth-order valence-electron chi connectivity index (χ4n) is 1.72. The standard InChI is InChI=1S/C14H14BrNO/c1-9(16)10-5-6-14(15)13(8-10)11-3-2-4-12(17)7-11/h2-9,17H,16H2,1H3. The molecular formula is C14H14BrNO. The zero-order valence-corrected chi connectivity index (χ0v) is 11.1. The van der Waals surface area contributed by atoms with E-state index >= 15 is 0 Å². The van der Waals surface area contributed by atoms with Crippen LogP contribution in [0.1, 0.15) is 18.5 Å². The summed E-state index contributed by atoms with van der Waals surface area (Å²) in [5, 5.41) is 9.50. The molecule has 0 aliphatic carbocycles. The van der Waals surface area contributed by atoms with Gasteiger partial charge < -0.3 is 10.8 Å². The predicted molar refractivity (Wildman–Crippen MR) is 73.8 cm³/mol. The number of phenols is 1. The van der Waals surface area contributed by atoms with Gasteiger partial charge >= 0.3 is 0 Å². The molecule has 0 amide bonds. The van der Waals surface area contributed by atoms with E-state index in [1.807, 2.05) is 37.3 Å². The Balaban J connectivity index is 2.54. The average molecular weight is 292 g/mol. The second kappa shape index (κ2) is 4.90. The number of hydrogen-bond acceptors (Lipinski definition) is 2. The van der Waals surface area contributed by atoms with Gasteiger partial charge in [-0.1, -0.05) is 34.1 Å². The molecule has 0 bridgehead atoms. The van der Waals surface area contributed by atoms with E-state index in [2.05, 4.69) is 15.9 Å². The fourth-order valence-corrected chi connectivity index (χ4v) is 2.20. The van der Waals surface area contributed by atoms with E-state index in [1.165, 1.54) is 0 Å². The van der Waals surface area contributed by atoms with E-state index in [0.717, 1.165) is 21.2 Å². The molecule has 17 heavy (non-hydrogen) atoms. The molecule has 2 aromatic rings. The van der Waals surface area contributed by atoms with Gasteiger partial charge in [0.2, 0.25) is 0 Å². The van der Waals surface area contributed by atoms with E-state index in [4.69, 9.17) is 5.73 Å². The molecule has 1 atom stereocenters. The molecule has 0 aromatic heterocycles. The molecule has 0 heterocycles. The Morgan fingerprint density at radius 3 is 2.59 bits per heavy atom. The van der Waals surface area contributed by atoms with Crippen molar-refractivity contribution in [2.45, 2.75) is 13.0 Å². The van der Waals surface area contributed by atoms with Crippen molar-refractivity contribution in [2.24, 2.45) is 5.73 Å². The molecule has 0 spiro atoms. The summed E-state index contributed by atoms with van der Waals surface area (Å²) in [5.74, 6) is 0.264. The molecule has 0 fully saturated rings. The van der Waals surface area contributed by atoms with Crippen molar-refractivity contribution in [1.29, 1.82) is 0 Å². The van der Waals surface area contributed by atoms with Crippen LogP contribution in [0, 0.1) is 0 Å². The van der Waals surface area contributed by atoms with Crippen LogP contribution in [0.2, 0.25) is 0 Å². The van der Waals surface area contributed by atoms with E-state index in [1.54, 1.807) is 12.1 Å². The second-order valence-corrected chi connectivity index (χ2v) is 4.93. The van der Waals surface area contributed by atoms with Crippen molar-refractivity contribution in [3.63, 3.8) is 0 Å². The van der Waals surface area contributed by atoms with Crippen molar-refractivity contribution >= 4 is 15.9 Å². The zero-order valence-electron chi connectivity index (χ0n) is 9.52. The molecule has 0 saturated heterocycles. The van der Waals surface area contributed by atoms with Crippen molar-refractivity contribution in [3.05, 3.63) is 52.5 Å². The number of rotatable bonds is 2. The van der Waals surface area contributed by atoms with Crippen molar-refractivity contribution in [2.75, 3.05) is 0 Å². The largest absolute Gasteiger partial charge is 0.508 e. The first-order valence-corrected chi connectivity index (χ1v) is 6.21. The summed E-state index contributed by atoms with van der Waals surface area (Å²) in [6, 6.07) is 13.2. The van der Waals surface area contributed by atoms with Gasteiger partial charge in [-0.15, -0.1) is 0 Å². The van der Waals surface area contributed by atoms with Gasteiger partial charge in [-0.2, -0.15) is 0 Å². The summed E-state index contributed by atoms with van der Waals surface area (Å²) < 4.78 is 0.993. The minimum absolute atomic E-state index is 0.000779. The Kier molecular flexibility index (Phi) is 3.50. The first kappa shape index (κ1) is 12.1. The van der Waals surface area contributed by atoms with Gasteiger partial charge in [0.1, 0.15) is 5.75 Å². The van der Waals surface area contributed by atoms with Gasteiger partial charge in [0, 0.05) is 10.5 Å². The van der Waals surface area contributed by atoms with Crippen LogP contribution in [-0.2, 0) is 0 Å². The number of benzene rings is 2. The SMILES string of the molecule is CC(N)c1ccc(Br)c(-c2cccc(O)c2)c1. The van der Waals surface area contributed by atoms with E-state index < -0.39 is 0 Å². The van der Waals surface area contributed by atoms with Crippen LogP contribution in [0.25, 0.3) is 11.1 Å². The maximum atomic E-state index is 9.50. The Morgan fingerprint density at radius 2 is 1.94 bits per heavy atom. The Bertz CT molecular complexity index is 537. The van der Waals surface area contributed by atoms with Crippen LogP contribution in [0.5, 0.6) is 5.75 Å². The lowest BCUT2D eigenvalue weighted by Gasteiger charge is -2.11. The normalized spacial score (nSPS) is 12.4. The molecule has 0 saturated carbocycles. The second-order valence-electron chi connectivity index (χ2n) is 4.08. The molecule has 0 radical (unpaired) electrons. The third-order valence-electron chi connectivity index (χ3n) is 2.67. The lowest BCUT2D eigenvalue weighted by Crippen LogP contribution is -2.04. The van der Waals surface area contributed by atoms with Crippen LogP contribution in [0.3, 0.4) is 0 Å². The van der Waals surface area contributed by atoms with Crippen molar-refractivity contribution in [3.8, 4) is 16.9 Å². The van der Waals surface area contributed by atoms with Crippen molar-refractivity contribution in [1.82, 2.24) is 0 Å². The maximum absolute atomic E-state index is 9.50. The highest BCUT2D eigenvalue weighted by Gasteiger charge is 2.07. The number of nitrogens with two attached hydrogens (primary N) is 1. The van der Waals surface area contributed by atoms with Crippen LogP contribution >= 0.6 is 15.9 Å². The number of hydrogen-bond donors (Lipinski definition) is 2. The Morgan fingerprint density at radius 1 is 1.18 bits per heavy atom. The first-order chi connectivity index (χ1) is 8.08. The maximum Gasteiger partial charge on any atom is 0.116 e. The molecule has 1 unspecified atom stereocenters. The lowest BCUT2D eigenvalue weighted by atomic mass is 10.0. The molecule has 2 aromatic carbocycles. The molecule has 3 heteroatoms. The molecule has 0 aliphatic heterocycles. The van der Waals surface area contributed by atoms with Crippen LogP contribution < -0.4 is 5.73 Å². The van der Waals surface area contributed by atoms with Gasteiger partial charge in [0.15, 0.2) is 0 Å². The predicted octanol–water partition coefficient (Wildman–Crippen LogP) is 3.84. The van der Waals surface area contributed by atoms with Gasteiger partial charge in [-0.3, -0.25) is 0 Å². The molecular weight excluding hydrogens is 278 g/mol.